The molecule has 1 aromatic rings. The molecule has 0 aromatic heterocycles. The lowest BCUT2D eigenvalue weighted by atomic mass is 10.1. The second-order valence-corrected chi connectivity index (χ2v) is 5.13. The number of rotatable bonds is 4. The lowest BCUT2D eigenvalue weighted by Crippen LogP contribution is -2.44. The highest BCUT2D eigenvalue weighted by atomic mass is 16.5. The number of ether oxygens (including phenoxy) is 1. The van der Waals surface area contributed by atoms with E-state index in [0.29, 0.717) is 5.56 Å². The molecule has 114 valence electrons. The van der Waals surface area contributed by atoms with Crippen LogP contribution in [0.2, 0.25) is 0 Å². The number of hydrogen-bond donors (Lipinski definition) is 2. The van der Waals surface area contributed by atoms with Gasteiger partial charge in [-0.15, -0.1) is 0 Å². The smallest absolute Gasteiger partial charge is 0.338 e. The average molecular weight is 292 g/mol. The second-order valence-electron chi connectivity index (χ2n) is 5.13. The van der Waals surface area contributed by atoms with Crippen LogP contribution in [-0.2, 0) is 9.53 Å². The zero-order valence-electron chi connectivity index (χ0n) is 12.6. The van der Waals surface area contributed by atoms with Gasteiger partial charge >= 0.3 is 12.0 Å². The van der Waals surface area contributed by atoms with Crippen molar-refractivity contribution in [2.45, 2.75) is 33.7 Å². The normalized spacial score (nSPS) is 10.1. The predicted molar refractivity (Wildman–Crippen MR) is 78.0 cm³/mol. The van der Waals surface area contributed by atoms with Gasteiger partial charge in [0.25, 0.3) is 5.91 Å². The summed E-state index contributed by atoms with van der Waals surface area (Å²) in [5, 5.41) is 4.57. The van der Waals surface area contributed by atoms with E-state index in [9.17, 15) is 14.4 Å². The third-order valence-corrected chi connectivity index (χ3v) is 2.46. The molecular weight excluding hydrogens is 272 g/mol. The van der Waals surface area contributed by atoms with E-state index in [1.807, 2.05) is 19.9 Å². The quantitative estimate of drug-likeness (QED) is 0.827. The molecule has 1 aromatic carbocycles. The van der Waals surface area contributed by atoms with Crippen LogP contribution in [0.25, 0.3) is 0 Å². The van der Waals surface area contributed by atoms with Crippen LogP contribution in [0.4, 0.5) is 4.79 Å². The highest BCUT2D eigenvalue weighted by molar-refractivity contribution is 5.97. The Kier molecular flexibility index (Phi) is 5.90. The summed E-state index contributed by atoms with van der Waals surface area (Å²) in [5.41, 5.74) is 2.25. The lowest BCUT2D eigenvalue weighted by Gasteiger charge is -2.09. The fourth-order valence-electron chi connectivity index (χ4n) is 1.77. The molecule has 0 radical (unpaired) electrons. The summed E-state index contributed by atoms with van der Waals surface area (Å²) in [4.78, 5) is 34.6. The molecule has 6 heteroatoms. The van der Waals surface area contributed by atoms with Crippen LogP contribution >= 0.6 is 0 Å². The van der Waals surface area contributed by atoms with Gasteiger partial charge in [-0.05, 0) is 39.8 Å². The van der Waals surface area contributed by atoms with Crippen molar-refractivity contribution in [1.82, 2.24) is 10.6 Å². The van der Waals surface area contributed by atoms with Crippen LogP contribution in [0.15, 0.2) is 18.2 Å². The van der Waals surface area contributed by atoms with E-state index < -0.39 is 24.5 Å². The summed E-state index contributed by atoms with van der Waals surface area (Å²) in [6.45, 7) is 6.77. The van der Waals surface area contributed by atoms with Gasteiger partial charge in [-0.25, -0.2) is 9.59 Å². The summed E-state index contributed by atoms with van der Waals surface area (Å²) >= 11 is 0. The Morgan fingerprint density at radius 3 is 2.19 bits per heavy atom. The molecule has 0 aliphatic carbocycles. The predicted octanol–water partition coefficient (Wildman–Crippen LogP) is 1.69. The topological polar surface area (TPSA) is 84.5 Å². The minimum Gasteiger partial charge on any atom is -0.452 e. The Bertz CT molecular complexity index is 532. The van der Waals surface area contributed by atoms with Crippen molar-refractivity contribution in [1.29, 1.82) is 0 Å². The largest absolute Gasteiger partial charge is 0.452 e. The summed E-state index contributed by atoms with van der Waals surface area (Å²) < 4.78 is 4.87. The summed E-state index contributed by atoms with van der Waals surface area (Å²) in [6.07, 6.45) is 0. The first-order valence-corrected chi connectivity index (χ1v) is 6.63. The third kappa shape index (κ3) is 6.07. The van der Waals surface area contributed by atoms with Gasteiger partial charge in [0, 0.05) is 6.04 Å². The molecule has 0 spiro atoms. The number of esters is 1. The van der Waals surface area contributed by atoms with Crippen molar-refractivity contribution >= 4 is 17.9 Å². The Labute approximate surface area is 123 Å². The minimum absolute atomic E-state index is 0.0874. The SMILES string of the molecule is Cc1cc(C)cc(C(=O)OCC(=O)NC(=O)NC(C)C)c1. The number of aryl methyl sites for hydroxylation is 2. The van der Waals surface area contributed by atoms with E-state index in [4.69, 9.17) is 4.74 Å². The second kappa shape index (κ2) is 7.42. The van der Waals surface area contributed by atoms with Gasteiger partial charge in [-0.3, -0.25) is 10.1 Å². The van der Waals surface area contributed by atoms with Crippen molar-refractivity contribution < 1.29 is 19.1 Å². The maximum atomic E-state index is 11.8. The molecule has 0 aliphatic heterocycles. The number of hydrogen-bond acceptors (Lipinski definition) is 4. The van der Waals surface area contributed by atoms with Gasteiger partial charge in [0.15, 0.2) is 6.61 Å². The molecule has 0 atom stereocenters. The summed E-state index contributed by atoms with van der Waals surface area (Å²) in [7, 11) is 0. The van der Waals surface area contributed by atoms with E-state index >= 15 is 0 Å². The van der Waals surface area contributed by atoms with Crippen LogP contribution in [0.1, 0.15) is 35.3 Å². The Morgan fingerprint density at radius 1 is 1.10 bits per heavy atom. The first kappa shape index (κ1) is 16.7. The van der Waals surface area contributed by atoms with Gasteiger partial charge in [-0.2, -0.15) is 0 Å². The zero-order valence-corrected chi connectivity index (χ0v) is 12.6. The van der Waals surface area contributed by atoms with Gasteiger partial charge in [0.05, 0.1) is 5.56 Å². The third-order valence-electron chi connectivity index (χ3n) is 2.46. The Morgan fingerprint density at radius 2 is 1.67 bits per heavy atom. The molecule has 21 heavy (non-hydrogen) atoms. The number of benzene rings is 1. The minimum atomic E-state index is -0.675. The number of imide groups is 1. The number of nitrogens with one attached hydrogen (secondary N) is 2. The number of amides is 3. The first-order valence-electron chi connectivity index (χ1n) is 6.63. The van der Waals surface area contributed by atoms with Crippen molar-refractivity contribution in [2.75, 3.05) is 6.61 Å². The summed E-state index contributed by atoms with van der Waals surface area (Å²) in [5.74, 6) is -1.27. The van der Waals surface area contributed by atoms with Crippen molar-refractivity contribution in [3.63, 3.8) is 0 Å². The molecule has 3 amide bonds. The van der Waals surface area contributed by atoms with Gasteiger partial charge < -0.3 is 10.1 Å². The summed E-state index contributed by atoms with van der Waals surface area (Å²) in [6, 6.07) is 4.59. The van der Waals surface area contributed by atoms with Crippen molar-refractivity contribution in [2.24, 2.45) is 0 Å². The molecule has 0 heterocycles. The molecule has 1 rings (SSSR count). The molecular formula is C15H20N2O4. The maximum Gasteiger partial charge on any atom is 0.338 e. The van der Waals surface area contributed by atoms with Crippen LogP contribution in [0.3, 0.4) is 0 Å². The van der Waals surface area contributed by atoms with Gasteiger partial charge in [0.2, 0.25) is 0 Å². The first-order chi connectivity index (χ1) is 9.77. The lowest BCUT2D eigenvalue weighted by molar-refractivity contribution is -0.123. The van der Waals surface area contributed by atoms with Crippen LogP contribution < -0.4 is 10.6 Å². The monoisotopic (exact) mass is 292 g/mol. The fourth-order valence-corrected chi connectivity index (χ4v) is 1.77. The van der Waals surface area contributed by atoms with E-state index in [-0.39, 0.29) is 6.04 Å². The number of carbonyl (C=O) groups is 3. The molecule has 0 saturated carbocycles. The molecule has 0 aliphatic rings. The van der Waals surface area contributed by atoms with E-state index in [1.54, 1.807) is 26.0 Å². The van der Waals surface area contributed by atoms with Crippen LogP contribution in [-0.4, -0.2) is 30.6 Å². The number of urea groups is 1. The molecule has 0 saturated heterocycles. The van der Waals surface area contributed by atoms with Gasteiger partial charge in [0.1, 0.15) is 0 Å². The zero-order chi connectivity index (χ0) is 16.0. The standard InChI is InChI=1S/C15H20N2O4/c1-9(2)16-15(20)17-13(18)8-21-14(19)12-6-10(3)5-11(4)7-12/h5-7,9H,8H2,1-4H3,(H2,16,17,18,20). The number of carbonyl (C=O) groups excluding carboxylic acids is 3. The Hall–Kier alpha value is -2.37. The van der Waals surface area contributed by atoms with Gasteiger partial charge in [-0.1, -0.05) is 17.2 Å². The van der Waals surface area contributed by atoms with Crippen molar-refractivity contribution in [3.8, 4) is 0 Å². The van der Waals surface area contributed by atoms with E-state index in [2.05, 4.69) is 10.6 Å². The maximum absolute atomic E-state index is 11.8. The average Bonchev–Trinajstić information content (AvgIpc) is 2.33. The highest BCUT2D eigenvalue weighted by Crippen LogP contribution is 2.09. The van der Waals surface area contributed by atoms with Crippen LogP contribution in [0.5, 0.6) is 0 Å². The highest BCUT2D eigenvalue weighted by Gasteiger charge is 2.13. The Balaban J connectivity index is 2.49. The fraction of sp³-hybridized carbons (Fsp3) is 0.400. The van der Waals surface area contributed by atoms with E-state index in [0.717, 1.165) is 11.1 Å². The van der Waals surface area contributed by atoms with Crippen LogP contribution in [0, 0.1) is 13.8 Å². The van der Waals surface area contributed by atoms with Crippen molar-refractivity contribution in [3.05, 3.63) is 34.9 Å². The van der Waals surface area contributed by atoms with E-state index in [1.165, 1.54) is 0 Å². The molecule has 0 bridgehead atoms. The molecule has 6 nitrogen and oxygen atoms in total. The molecule has 0 fully saturated rings. The molecule has 2 N–H and O–H groups in total. The molecule has 0 unspecified atom stereocenters.